The molecule has 1 aliphatic carbocycles. The molecule has 2 aromatic carbocycles. The van der Waals surface area contributed by atoms with Gasteiger partial charge in [-0.3, -0.25) is 14.4 Å². The predicted molar refractivity (Wildman–Crippen MR) is 216 cm³/mol. The lowest BCUT2D eigenvalue weighted by atomic mass is 10.0. The van der Waals surface area contributed by atoms with Gasteiger partial charge in [0.25, 0.3) is 5.91 Å². The molecule has 0 aromatic heterocycles. The fourth-order valence-electron chi connectivity index (χ4n) is 6.84. The Bertz CT molecular complexity index is 1870. The number of nitrogens with zero attached hydrogens (tertiary/aromatic N) is 2. The summed E-state index contributed by atoms with van der Waals surface area (Å²) in [7, 11) is -1.16. The molecule has 2 fully saturated rings. The molecule has 15 nitrogen and oxygen atoms in total. The largest absolute Gasteiger partial charge is 0.504 e. The van der Waals surface area contributed by atoms with Crippen molar-refractivity contribution in [3.05, 3.63) is 60.2 Å². The Balaban J connectivity index is 1.32. The second-order valence-electron chi connectivity index (χ2n) is 17.1. The maximum Gasteiger partial charge on any atom is 0.416 e. The Morgan fingerprint density at radius 1 is 1.04 bits per heavy atom. The van der Waals surface area contributed by atoms with Crippen molar-refractivity contribution in [3.8, 4) is 11.5 Å². The van der Waals surface area contributed by atoms with Gasteiger partial charge in [0.2, 0.25) is 11.8 Å². The van der Waals surface area contributed by atoms with Gasteiger partial charge in [0.05, 0.1) is 24.4 Å². The third kappa shape index (κ3) is 9.55. The Kier molecular flexibility index (Phi) is 12.7. The van der Waals surface area contributed by atoms with E-state index in [4.69, 9.17) is 18.6 Å². The first kappa shape index (κ1) is 43.0. The third-order valence-corrected chi connectivity index (χ3v) is 15.9. The van der Waals surface area contributed by atoms with Crippen LogP contribution in [0.1, 0.15) is 76.7 Å². The van der Waals surface area contributed by atoms with E-state index >= 15 is 0 Å². The van der Waals surface area contributed by atoms with Crippen LogP contribution in [0.15, 0.2) is 49.1 Å². The molecule has 1 saturated heterocycles. The maximum absolute atomic E-state index is 14.4. The average Bonchev–Trinajstić information content (AvgIpc) is 3.81. The lowest BCUT2D eigenvalue weighted by Crippen LogP contribution is -2.58. The summed E-state index contributed by atoms with van der Waals surface area (Å²) < 4.78 is 23.3. The van der Waals surface area contributed by atoms with Crippen LogP contribution >= 0.6 is 0 Å². The minimum atomic E-state index is -2.57. The minimum absolute atomic E-state index is 0.0124. The number of aromatic hydroxyl groups is 1. The maximum atomic E-state index is 14.4. The van der Waals surface area contributed by atoms with Crippen LogP contribution in [-0.4, -0.2) is 92.8 Å². The smallest absolute Gasteiger partial charge is 0.416 e. The van der Waals surface area contributed by atoms with Gasteiger partial charge in [0.1, 0.15) is 25.3 Å². The summed E-state index contributed by atoms with van der Waals surface area (Å²) in [6.07, 6.45) is 1.66. The van der Waals surface area contributed by atoms with Crippen molar-refractivity contribution in [2.24, 2.45) is 11.3 Å². The molecular weight excluding hydrogens is 751 g/mol. The number of rotatable bonds is 13. The molecule has 0 unspecified atom stereocenters. The van der Waals surface area contributed by atoms with Gasteiger partial charge in [-0.1, -0.05) is 59.4 Å². The van der Waals surface area contributed by atoms with Gasteiger partial charge in [0.15, 0.2) is 26.0 Å². The molecule has 3 aliphatic rings. The van der Waals surface area contributed by atoms with Gasteiger partial charge < -0.3 is 44.6 Å². The van der Waals surface area contributed by atoms with Crippen LogP contribution in [0.3, 0.4) is 0 Å². The summed E-state index contributed by atoms with van der Waals surface area (Å²) in [5, 5.41) is 18.6. The highest BCUT2D eigenvalue weighted by molar-refractivity contribution is 6.74. The highest BCUT2D eigenvalue weighted by Gasteiger charge is 2.59. The van der Waals surface area contributed by atoms with E-state index in [1.165, 1.54) is 37.1 Å². The molecule has 0 radical (unpaired) electrons. The lowest BCUT2D eigenvalue weighted by Gasteiger charge is -2.44. The summed E-state index contributed by atoms with van der Waals surface area (Å²) in [6.45, 7) is 19.4. The van der Waals surface area contributed by atoms with Crippen molar-refractivity contribution < 1.29 is 47.7 Å². The average molecular weight is 808 g/mol. The van der Waals surface area contributed by atoms with E-state index in [0.717, 1.165) is 12.8 Å². The Morgan fingerprint density at radius 3 is 2.28 bits per heavy atom. The molecule has 310 valence electrons. The predicted octanol–water partition coefficient (Wildman–Crippen LogP) is 6.28. The summed E-state index contributed by atoms with van der Waals surface area (Å²) >= 11 is 0. The first-order valence-electron chi connectivity index (χ1n) is 19.3. The summed E-state index contributed by atoms with van der Waals surface area (Å²) in [5.74, 6) is -1.71. The fourth-order valence-corrected chi connectivity index (χ4v) is 8.06. The first-order chi connectivity index (χ1) is 26.7. The molecule has 57 heavy (non-hydrogen) atoms. The van der Waals surface area contributed by atoms with Crippen molar-refractivity contribution in [2.45, 2.75) is 110 Å². The zero-order valence-electron chi connectivity index (χ0n) is 34.4. The number of fused-ring (bicyclic) bond motifs is 2. The van der Waals surface area contributed by atoms with Crippen LogP contribution in [-0.2, 0) is 30.1 Å². The van der Waals surface area contributed by atoms with Gasteiger partial charge in [-0.25, -0.2) is 14.5 Å². The number of amides is 5. The topological polar surface area (TPSA) is 185 Å². The van der Waals surface area contributed by atoms with Crippen LogP contribution < -0.4 is 25.6 Å². The van der Waals surface area contributed by atoms with Gasteiger partial charge in [-0.2, -0.15) is 0 Å². The number of hydrogen-bond donors (Lipinski definition) is 4. The van der Waals surface area contributed by atoms with Gasteiger partial charge in [-0.05, 0) is 79.4 Å². The second-order valence-corrected chi connectivity index (χ2v) is 21.9. The number of ether oxygens (including phenoxy) is 3. The molecule has 2 aromatic rings. The van der Waals surface area contributed by atoms with E-state index < -0.39 is 56.7 Å². The molecule has 1 saturated carbocycles. The number of phenolic OH excluding ortho intramolecular Hbond substituents is 1. The number of methoxy groups -OCH3 is 1. The van der Waals surface area contributed by atoms with Crippen LogP contribution in [0.25, 0.3) is 0 Å². The number of benzene rings is 2. The van der Waals surface area contributed by atoms with Gasteiger partial charge in [-0.15, -0.1) is 0 Å². The molecule has 2 heterocycles. The molecule has 4 atom stereocenters. The van der Waals surface area contributed by atoms with Crippen molar-refractivity contribution in [1.29, 1.82) is 0 Å². The van der Waals surface area contributed by atoms with Crippen LogP contribution in [0.5, 0.6) is 11.5 Å². The summed E-state index contributed by atoms with van der Waals surface area (Å²) in [4.78, 5) is 69.9. The molecule has 5 amide bonds. The normalized spacial score (nSPS) is 19.4. The zero-order valence-corrected chi connectivity index (χ0v) is 35.4. The number of hydrogen-bond acceptors (Lipinski definition) is 10. The summed E-state index contributed by atoms with van der Waals surface area (Å²) in [6, 6.07) is 7.18. The fraction of sp³-hybridized carbons (Fsp3) is 0.537. The molecular formula is C41H57N5O10Si. The highest BCUT2D eigenvalue weighted by Crippen LogP contribution is 2.57. The number of carbonyl (C=O) groups is 5. The number of nitrogens with one attached hydrogen (secondary N) is 3. The van der Waals surface area contributed by atoms with Crippen LogP contribution in [0.2, 0.25) is 18.1 Å². The molecule has 2 aliphatic heterocycles. The number of carbonyl (C=O) groups excluding carboxylic acids is 5. The van der Waals surface area contributed by atoms with Crippen molar-refractivity contribution in [1.82, 2.24) is 15.5 Å². The van der Waals surface area contributed by atoms with Crippen molar-refractivity contribution in [3.63, 3.8) is 0 Å². The SMILES string of the molecule is C=CCOC(=O)N[C@H](C(=O)N[C@@H](C)C(=O)Nc1ccc(COC(=O)N2c3cc(O)c(OC)cc3C(=O)N3CC4(CC4)C[C@H]3[C@@H]2O[Si](C)(C)C(C)(C)C)cc1)C(C)C. The first-order valence-corrected chi connectivity index (χ1v) is 22.2. The number of alkyl carbamates (subject to hydrolysis) is 1. The third-order valence-electron chi connectivity index (χ3n) is 11.4. The minimum Gasteiger partial charge on any atom is -0.504 e. The van der Waals surface area contributed by atoms with Gasteiger partial charge in [0, 0.05) is 18.3 Å². The molecule has 1 spiro atoms. The van der Waals surface area contributed by atoms with E-state index in [1.54, 1.807) is 38.1 Å². The number of anilines is 2. The Labute approximate surface area is 335 Å². The second kappa shape index (κ2) is 16.8. The van der Waals surface area contributed by atoms with E-state index in [2.05, 4.69) is 56.4 Å². The molecule has 16 heteroatoms. The molecule has 4 N–H and O–H groups in total. The quantitative estimate of drug-likeness (QED) is 0.133. The zero-order chi connectivity index (χ0) is 42.0. The van der Waals surface area contributed by atoms with Crippen molar-refractivity contribution >= 4 is 49.6 Å². The number of phenols is 1. The van der Waals surface area contributed by atoms with Crippen molar-refractivity contribution in [2.75, 3.05) is 30.5 Å². The Morgan fingerprint density at radius 2 is 1.70 bits per heavy atom. The van der Waals surface area contributed by atoms with Crippen LogP contribution in [0.4, 0.5) is 21.0 Å². The van der Waals surface area contributed by atoms with E-state index in [1.807, 2.05) is 4.90 Å². The van der Waals surface area contributed by atoms with E-state index in [-0.39, 0.29) is 58.2 Å². The standard InChI is InChI=1S/C41H57N5O10Si/c1-11-18-54-38(51)44-33(24(2)3)35(49)42-25(4)34(48)43-27-14-12-26(13-15-27)22-55-39(52)46-29-20-31(47)32(53-8)19-28(29)36(50)45-23-41(16-17-41)21-30(45)37(46)56-57(9,10)40(5,6)7/h11-15,19-20,24-25,30,33,37,47H,1,16-18,21-23H2,2-10H3,(H,42,49)(H,43,48)(H,44,51)/t25-,30-,33-,37-/m0/s1. The van der Waals surface area contributed by atoms with E-state index in [0.29, 0.717) is 24.2 Å². The lowest BCUT2D eigenvalue weighted by molar-refractivity contribution is -0.128. The Hall–Kier alpha value is -5.09. The highest BCUT2D eigenvalue weighted by atomic mass is 28.4. The van der Waals surface area contributed by atoms with Crippen LogP contribution in [0, 0.1) is 11.3 Å². The molecule has 5 rings (SSSR count). The van der Waals surface area contributed by atoms with Gasteiger partial charge >= 0.3 is 12.2 Å². The molecule has 0 bridgehead atoms. The van der Waals surface area contributed by atoms with E-state index in [9.17, 15) is 29.1 Å². The monoisotopic (exact) mass is 807 g/mol. The summed E-state index contributed by atoms with van der Waals surface area (Å²) in [5.41, 5.74) is 1.41.